The standard InChI is InChI=1S/C22H24ClN5O/c1-15-2-5-18(12-20(15)23)28-21(16-3-4-16)19(13-25-28)22(29)26-9-6-17(7-10-26)27-11-8-24-14-27/h2,5,8,11-14,16-17H,3-4,6-7,9-10H2,1H3. The summed E-state index contributed by atoms with van der Waals surface area (Å²) in [7, 11) is 0. The van der Waals surface area contributed by atoms with E-state index in [4.69, 9.17) is 11.6 Å². The molecule has 2 aromatic heterocycles. The van der Waals surface area contributed by atoms with Crippen molar-refractivity contribution in [2.75, 3.05) is 13.1 Å². The van der Waals surface area contributed by atoms with Crippen LogP contribution in [0.1, 0.15) is 59.3 Å². The van der Waals surface area contributed by atoms with Crippen molar-refractivity contribution in [3.05, 3.63) is 65.0 Å². The van der Waals surface area contributed by atoms with Crippen LogP contribution in [0.25, 0.3) is 5.69 Å². The Labute approximate surface area is 175 Å². The molecule has 1 aliphatic heterocycles. The van der Waals surface area contributed by atoms with Crippen molar-refractivity contribution in [1.29, 1.82) is 0 Å². The maximum Gasteiger partial charge on any atom is 0.257 e. The van der Waals surface area contributed by atoms with Gasteiger partial charge in [-0.05, 0) is 50.3 Å². The Morgan fingerprint density at radius 2 is 1.97 bits per heavy atom. The second-order valence-corrected chi connectivity index (χ2v) is 8.50. The van der Waals surface area contributed by atoms with Gasteiger partial charge in [0, 0.05) is 42.5 Å². The highest BCUT2D eigenvalue weighted by molar-refractivity contribution is 6.31. The molecule has 1 amide bonds. The molecule has 1 aromatic carbocycles. The van der Waals surface area contributed by atoms with Crippen LogP contribution in [0.5, 0.6) is 0 Å². The van der Waals surface area contributed by atoms with Crippen LogP contribution >= 0.6 is 11.6 Å². The number of piperidine rings is 1. The van der Waals surface area contributed by atoms with Crippen molar-refractivity contribution in [2.45, 2.75) is 44.6 Å². The second-order valence-electron chi connectivity index (χ2n) is 8.10. The number of carbonyl (C=O) groups excluding carboxylic acids is 1. The van der Waals surface area contributed by atoms with Gasteiger partial charge >= 0.3 is 0 Å². The second kappa shape index (κ2) is 7.34. The molecule has 0 spiro atoms. The molecule has 150 valence electrons. The summed E-state index contributed by atoms with van der Waals surface area (Å²) in [6.07, 6.45) is 11.5. The first-order valence-electron chi connectivity index (χ1n) is 10.2. The van der Waals surface area contributed by atoms with Gasteiger partial charge in [-0.25, -0.2) is 9.67 Å². The molecule has 0 unspecified atom stereocenters. The van der Waals surface area contributed by atoms with Crippen LogP contribution in [-0.4, -0.2) is 43.2 Å². The zero-order valence-electron chi connectivity index (χ0n) is 16.5. The number of aromatic nitrogens is 4. The molecule has 0 radical (unpaired) electrons. The van der Waals surface area contributed by atoms with E-state index in [1.165, 1.54) is 0 Å². The Bertz CT molecular complexity index is 1030. The number of amides is 1. The van der Waals surface area contributed by atoms with Gasteiger partial charge in [-0.2, -0.15) is 5.10 Å². The summed E-state index contributed by atoms with van der Waals surface area (Å²) in [6, 6.07) is 6.37. The van der Waals surface area contributed by atoms with E-state index in [0.717, 1.165) is 61.3 Å². The van der Waals surface area contributed by atoms with E-state index < -0.39 is 0 Å². The predicted molar refractivity (Wildman–Crippen MR) is 112 cm³/mol. The van der Waals surface area contributed by atoms with Gasteiger partial charge < -0.3 is 9.47 Å². The highest BCUT2D eigenvalue weighted by atomic mass is 35.5. The fourth-order valence-corrected chi connectivity index (χ4v) is 4.39. The van der Waals surface area contributed by atoms with Crippen LogP contribution in [0, 0.1) is 6.92 Å². The Morgan fingerprint density at radius 3 is 2.62 bits per heavy atom. The molecule has 0 N–H and O–H groups in total. The first kappa shape index (κ1) is 18.4. The number of benzene rings is 1. The van der Waals surface area contributed by atoms with Crippen molar-refractivity contribution >= 4 is 17.5 Å². The average molecular weight is 410 g/mol. The van der Waals surface area contributed by atoms with Crippen LogP contribution in [0.2, 0.25) is 5.02 Å². The fraction of sp³-hybridized carbons (Fsp3) is 0.409. The number of hydrogen-bond donors (Lipinski definition) is 0. The lowest BCUT2D eigenvalue weighted by Crippen LogP contribution is -2.39. The fourth-order valence-electron chi connectivity index (χ4n) is 4.21. The average Bonchev–Trinajstić information content (AvgIpc) is 3.25. The molecule has 2 fully saturated rings. The number of carbonyl (C=O) groups is 1. The van der Waals surface area contributed by atoms with Gasteiger partial charge in [-0.15, -0.1) is 0 Å². The molecule has 7 heteroatoms. The van der Waals surface area contributed by atoms with E-state index in [0.29, 0.717) is 17.0 Å². The van der Waals surface area contributed by atoms with E-state index in [1.54, 1.807) is 6.20 Å². The number of hydrogen-bond acceptors (Lipinski definition) is 3. The zero-order valence-corrected chi connectivity index (χ0v) is 17.2. The van der Waals surface area contributed by atoms with E-state index in [2.05, 4.69) is 14.6 Å². The number of nitrogens with zero attached hydrogens (tertiary/aromatic N) is 5. The summed E-state index contributed by atoms with van der Waals surface area (Å²) in [5, 5.41) is 5.30. The van der Waals surface area contributed by atoms with Gasteiger partial charge in [0.1, 0.15) is 0 Å². The van der Waals surface area contributed by atoms with Crippen LogP contribution in [0.4, 0.5) is 0 Å². The van der Waals surface area contributed by atoms with E-state index in [1.807, 2.05) is 53.4 Å². The quantitative estimate of drug-likeness (QED) is 0.642. The molecule has 29 heavy (non-hydrogen) atoms. The first-order valence-corrected chi connectivity index (χ1v) is 10.6. The minimum absolute atomic E-state index is 0.0976. The minimum atomic E-state index is 0.0976. The van der Waals surface area contributed by atoms with Crippen molar-refractivity contribution < 1.29 is 4.79 Å². The molecular formula is C22H24ClN5O. The molecule has 1 saturated carbocycles. The van der Waals surface area contributed by atoms with Crippen molar-refractivity contribution in [3.8, 4) is 5.69 Å². The topological polar surface area (TPSA) is 56.0 Å². The number of likely N-dealkylation sites (tertiary alicyclic amines) is 1. The number of halogens is 1. The maximum atomic E-state index is 13.3. The summed E-state index contributed by atoms with van der Waals surface area (Å²) < 4.78 is 4.06. The number of imidazole rings is 1. The van der Waals surface area contributed by atoms with Gasteiger partial charge in [0.25, 0.3) is 5.91 Å². The van der Waals surface area contributed by atoms with Crippen molar-refractivity contribution in [2.24, 2.45) is 0 Å². The van der Waals surface area contributed by atoms with Gasteiger partial charge in [0.15, 0.2) is 0 Å². The molecule has 6 nitrogen and oxygen atoms in total. The molecule has 3 heterocycles. The lowest BCUT2D eigenvalue weighted by Gasteiger charge is -2.32. The van der Waals surface area contributed by atoms with Crippen LogP contribution < -0.4 is 0 Å². The predicted octanol–water partition coefficient (Wildman–Crippen LogP) is 4.39. The Balaban J connectivity index is 1.39. The van der Waals surface area contributed by atoms with E-state index >= 15 is 0 Å². The summed E-state index contributed by atoms with van der Waals surface area (Å²) in [4.78, 5) is 19.5. The van der Waals surface area contributed by atoms with Gasteiger partial charge in [0.2, 0.25) is 0 Å². The highest BCUT2D eigenvalue weighted by Crippen LogP contribution is 2.43. The third-order valence-corrected chi connectivity index (χ3v) is 6.51. The van der Waals surface area contributed by atoms with E-state index in [-0.39, 0.29) is 5.91 Å². The SMILES string of the molecule is Cc1ccc(-n2ncc(C(=O)N3CCC(n4ccnc4)CC3)c2C2CC2)cc1Cl. The third kappa shape index (κ3) is 3.46. The molecule has 1 aliphatic carbocycles. The van der Waals surface area contributed by atoms with Crippen molar-refractivity contribution in [1.82, 2.24) is 24.2 Å². The summed E-state index contributed by atoms with van der Waals surface area (Å²) in [6.45, 7) is 3.50. The Kier molecular flexibility index (Phi) is 4.66. The monoisotopic (exact) mass is 409 g/mol. The highest BCUT2D eigenvalue weighted by Gasteiger charge is 2.35. The minimum Gasteiger partial charge on any atom is -0.338 e. The lowest BCUT2D eigenvalue weighted by molar-refractivity contribution is 0.0693. The van der Waals surface area contributed by atoms with Crippen LogP contribution in [-0.2, 0) is 0 Å². The summed E-state index contributed by atoms with van der Waals surface area (Å²) >= 11 is 6.34. The molecule has 0 atom stereocenters. The third-order valence-electron chi connectivity index (χ3n) is 6.10. The lowest BCUT2D eigenvalue weighted by atomic mass is 10.0. The molecular weight excluding hydrogens is 386 g/mol. The molecule has 0 bridgehead atoms. The molecule has 5 rings (SSSR count). The van der Waals surface area contributed by atoms with Crippen LogP contribution in [0.15, 0.2) is 43.1 Å². The summed E-state index contributed by atoms with van der Waals surface area (Å²) in [5.41, 5.74) is 3.73. The smallest absolute Gasteiger partial charge is 0.257 e. The summed E-state index contributed by atoms with van der Waals surface area (Å²) in [5.74, 6) is 0.500. The van der Waals surface area contributed by atoms with Crippen molar-refractivity contribution in [3.63, 3.8) is 0 Å². The van der Waals surface area contributed by atoms with Gasteiger partial charge in [-0.3, -0.25) is 4.79 Å². The molecule has 3 aromatic rings. The Morgan fingerprint density at radius 1 is 1.17 bits per heavy atom. The first-order chi connectivity index (χ1) is 14.1. The number of aryl methyl sites for hydroxylation is 1. The molecule has 1 saturated heterocycles. The van der Waals surface area contributed by atoms with Gasteiger partial charge in [0.05, 0.1) is 29.5 Å². The molecule has 2 aliphatic rings. The zero-order chi connectivity index (χ0) is 20.0. The van der Waals surface area contributed by atoms with E-state index in [9.17, 15) is 4.79 Å². The van der Waals surface area contributed by atoms with Crippen LogP contribution in [0.3, 0.4) is 0 Å². The Hall–Kier alpha value is -2.60. The van der Waals surface area contributed by atoms with Gasteiger partial charge in [-0.1, -0.05) is 17.7 Å². The largest absolute Gasteiger partial charge is 0.338 e. The normalized spacial score (nSPS) is 17.7. The maximum absolute atomic E-state index is 13.3. The number of rotatable bonds is 4.